The fraction of sp³-hybridized carbons (Fsp3) is 0.250. The molecule has 1 atom stereocenters. The molecule has 1 heterocycles. The second-order valence-electron chi connectivity index (χ2n) is 4.06. The van der Waals surface area contributed by atoms with Crippen molar-refractivity contribution in [3.63, 3.8) is 0 Å². The van der Waals surface area contributed by atoms with Gasteiger partial charge in [0.25, 0.3) is 0 Å². The highest BCUT2D eigenvalue weighted by atomic mass is 19.4. The Balaban J connectivity index is 2.20. The van der Waals surface area contributed by atoms with Gasteiger partial charge >= 0.3 is 6.18 Å². The van der Waals surface area contributed by atoms with Crippen LogP contribution in [-0.2, 0) is 0 Å². The van der Waals surface area contributed by atoms with Gasteiger partial charge in [-0.1, -0.05) is 6.07 Å². The van der Waals surface area contributed by atoms with E-state index in [4.69, 9.17) is 10.8 Å². The molecule has 0 saturated carbocycles. The lowest BCUT2D eigenvalue weighted by molar-refractivity contribution is -0.198. The zero-order valence-corrected chi connectivity index (χ0v) is 9.78. The maximum atomic E-state index is 12.2. The minimum atomic E-state index is -4.65. The molecule has 1 aromatic heterocycles. The Bertz CT molecular complexity index is 586. The van der Waals surface area contributed by atoms with Crippen LogP contribution in [0, 0.1) is 0 Å². The van der Waals surface area contributed by atoms with Crippen LogP contribution in [-0.4, -0.2) is 28.9 Å². The number of hydrogen-bond donors (Lipinski definition) is 3. The molecule has 0 spiro atoms. The molecule has 0 aliphatic carbocycles. The molecule has 2 aromatic rings. The van der Waals surface area contributed by atoms with E-state index in [9.17, 15) is 13.2 Å². The number of pyridine rings is 1. The van der Waals surface area contributed by atoms with E-state index >= 15 is 0 Å². The molecule has 0 fully saturated rings. The summed E-state index contributed by atoms with van der Waals surface area (Å²) >= 11 is 0. The summed E-state index contributed by atoms with van der Waals surface area (Å²) in [6, 6.07) is 4.93. The van der Waals surface area contributed by atoms with Gasteiger partial charge in [-0.25, -0.2) is 0 Å². The Morgan fingerprint density at radius 1 is 1.32 bits per heavy atom. The largest absolute Gasteiger partial charge is 0.416 e. The topological polar surface area (TPSA) is 71.2 Å². The Labute approximate surface area is 107 Å². The van der Waals surface area contributed by atoms with Crippen molar-refractivity contribution in [1.29, 1.82) is 0 Å². The first kappa shape index (κ1) is 13.4. The van der Waals surface area contributed by atoms with E-state index in [-0.39, 0.29) is 0 Å². The molecule has 2 rings (SSSR count). The lowest BCUT2D eigenvalue weighted by Gasteiger charge is -2.17. The maximum Gasteiger partial charge on any atom is 0.416 e. The number of nitrogens with two attached hydrogens (primary N) is 1. The molecule has 0 amide bonds. The molecule has 0 aliphatic rings. The molecular weight excluding hydrogens is 259 g/mol. The second kappa shape index (κ2) is 4.93. The molecule has 0 aliphatic heterocycles. The van der Waals surface area contributed by atoms with Gasteiger partial charge in [0.1, 0.15) is 0 Å². The zero-order chi connectivity index (χ0) is 14.0. The van der Waals surface area contributed by atoms with E-state index in [1.165, 1.54) is 0 Å². The molecule has 4 N–H and O–H groups in total. The number of aliphatic hydroxyl groups is 1. The van der Waals surface area contributed by atoms with Crippen molar-refractivity contribution in [2.24, 2.45) is 0 Å². The van der Waals surface area contributed by atoms with Crippen molar-refractivity contribution in [1.82, 2.24) is 4.98 Å². The first-order valence-corrected chi connectivity index (χ1v) is 5.50. The van der Waals surface area contributed by atoms with Gasteiger partial charge in [-0.05, 0) is 12.1 Å². The summed E-state index contributed by atoms with van der Waals surface area (Å²) in [5.74, 6) is 0. The molecule has 0 saturated heterocycles. The van der Waals surface area contributed by atoms with Crippen molar-refractivity contribution in [2.75, 3.05) is 17.6 Å². The first-order valence-electron chi connectivity index (χ1n) is 5.50. The number of fused-ring (bicyclic) bond motifs is 1. The Hall–Kier alpha value is -2.02. The van der Waals surface area contributed by atoms with Crippen molar-refractivity contribution in [3.8, 4) is 0 Å². The molecule has 4 nitrogen and oxygen atoms in total. The smallest absolute Gasteiger partial charge is 0.397 e. The van der Waals surface area contributed by atoms with Crippen LogP contribution in [0.15, 0.2) is 30.6 Å². The predicted molar refractivity (Wildman–Crippen MR) is 66.7 cm³/mol. The summed E-state index contributed by atoms with van der Waals surface area (Å²) in [5, 5.41) is 12.9. The number of aromatic nitrogens is 1. The number of anilines is 2. The van der Waals surface area contributed by atoms with Crippen LogP contribution in [0.2, 0.25) is 0 Å². The van der Waals surface area contributed by atoms with Gasteiger partial charge in [0, 0.05) is 29.7 Å². The monoisotopic (exact) mass is 271 g/mol. The number of benzene rings is 1. The minimum absolute atomic E-state index is 0.328. The van der Waals surface area contributed by atoms with E-state index in [1.54, 1.807) is 30.6 Å². The van der Waals surface area contributed by atoms with E-state index in [2.05, 4.69) is 10.3 Å². The van der Waals surface area contributed by atoms with E-state index in [1.807, 2.05) is 0 Å². The van der Waals surface area contributed by atoms with Gasteiger partial charge in [0.05, 0.1) is 11.4 Å². The highest BCUT2D eigenvalue weighted by Gasteiger charge is 2.37. The third-order valence-electron chi connectivity index (χ3n) is 2.73. The Kier molecular flexibility index (Phi) is 3.48. The SMILES string of the molecule is Nc1c(NCC(O)C(F)(F)F)ccc2cnccc12. The van der Waals surface area contributed by atoms with Crippen molar-refractivity contribution in [2.45, 2.75) is 12.3 Å². The highest BCUT2D eigenvalue weighted by molar-refractivity contribution is 5.98. The summed E-state index contributed by atoms with van der Waals surface area (Å²) in [7, 11) is 0. The van der Waals surface area contributed by atoms with Gasteiger partial charge in [-0.15, -0.1) is 0 Å². The van der Waals surface area contributed by atoms with Crippen molar-refractivity contribution < 1.29 is 18.3 Å². The lowest BCUT2D eigenvalue weighted by Crippen LogP contribution is -2.35. The quantitative estimate of drug-likeness (QED) is 0.748. The molecule has 0 bridgehead atoms. The average Bonchev–Trinajstić information content (AvgIpc) is 2.37. The lowest BCUT2D eigenvalue weighted by atomic mass is 10.1. The number of rotatable bonds is 3. The number of nitrogens with one attached hydrogen (secondary N) is 1. The summed E-state index contributed by atoms with van der Waals surface area (Å²) in [6.45, 7) is -0.649. The summed E-state index contributed by atoms with van der Waals surface area (Å²) in [5.41, 5.74) is 6.54. The van der Waals surface area contributed by atoms with Crippen LogP contribution < -0.4 is 11.1 Å². The number of aliphatic hydroxyl groups excluding tert-OH is 1. The number of alkyl halides is 3. The minimum Gasteiger partial charge on any atom is -0.397 e. The fourth-order valence-electron chi connectivity index (χ4n) is 1.67. The van der Waals surface area contributed by atoms with Crippen molar-refractivity contribution in [3.05, 3.63) is 30.6 Å². The zero-order valence-electron chi connectivity index (χ0n) is 9.78. The van der Waals surface area contributed by atoms with Gasteiger partial charge in [-0.2, -0.15) is 13.2 Å². The van der Waals surface area contributed by atoms with Crippen LogP contribution >= 0.6 is 0 Å². The number of nitrogens with zero attached hydrogens (tertiary/aromatic N) is 1. The number of halogens is 3. The van der Waals surface area contributed by atoms with Crippen LogP contribution in [0.3, 0.4) is 0 Å². The number of hydrogen-bond acceptors (Lipinski definition) is 4. The third kappa shape index (κ3) is 2.87. The summed E-state index contributed by atoms with van der Waals surface area (Å²) < 4.78 is 36.5. The van der Waals surface area contributed by atoms with Crippen molar-refractivity contribution >= 4 is 22.1 Å². The van der Waals surface area contributed by atoms with Gasteiger partial charge < -0.3 is 16.2 Å². The van der Waals surface area contributed by atoms with E-state index in [0.29, 0.717) is 16.8 Å². The predicted octanol–water partition coefficient (Wildman–Crippen LogP) is 2.15. The van der Waals surface area contributed by atoms with Gasteiger partial charge in [0.2, 0.25) is 0 Å². The first-order chi connectivity index (χ1) is 8.89. The second-order valence-corrected chi connectivity index (χ2v) is 4.06. The van der Waals surface area contributed by atoms with E-state index < -0.39 is 18.8 Å². The third-order valence-corrected chi connectivity index (χ3v) is 2.73. The average molecular weight is 271 g/mol. The van der Waals surface area contributed by atoms with Gasteiger partial charge in [0.15, 0.2) is 6.10 Å². The summed E-state index contributed by atoms with van der Waals surface area (Å²) in [6.07, 6.45) is -3.92. The maximum absolute atomic E-state index is 12.2. The molecule has 1 aromatic carbocycles. The van der Waals surface area contributed by atoms with E-state index in [0.717, 1.165) is 5.39 Å². The Morgan fingerprint density at radius 3 is 2.74 bits per heavy atom. The van der Waals surface area contributed by atoms with Crippen LogP contribution in [0.5, 0.6) is 0 Å². The molecule has 102 valence electrons. The van der Waals surface area contributed by atoms with Crippen LogP contribution in [0.4, 0.5) is 24.5 Å². The van der Waals surface area contributed by atoms with Gasteiger partial charge in [-0.3, -0.25) is 4.98 Å². The van der Waals surface area contributed by atoms with Crippen LogP contribution in [0.25, 0.3) is 10.8 Å². The number of nitrogen functional groups attached to an aromatic ring is 1. The molecular formula is C12H12F3N3O. The fourth-order valence-corrected chi connectivity index (χ4v) is 1.67. The molecule has 7 heteroatoms. The standard InChI is InChI=1S/C12H12F3N3O/c13-12(14,15)10(19)6-18-9-2-1-7-5-17-4-3-8(7)11(9)16/h1-5,10,18-19H,6,16H2. The normalized spacial score (nSPS) is 13.5. The van der Waals surface area contributed by atoms with Crippen LogP contribution in [0.1, 0.15) is 0 Å². The molecule has 19 heavy (non-hydrogen) atoms. The molecule has 1 unspecified atom stereocenters. The highest BCUT2D eigenvalue weighted by Crippen LogP contribution is 2.28. The molecule has 0 radical (unpaired) electrons. The Morgan fingerprint density at radius 2 is 2.05 bits per heavy atom. The summed E-state index contributed by atoms with van der Waals surface area (Å²) in [4.78, 5) is 3.93.